The zero-order valence-electron chi connectivity index (χ0n) is 13.0. The van der Waals surface area contributed by atoms with Gasteiger partial charge >= 0.3 is 0 Å². The van der Waals surface area contributed by atoms with Gasteiger partial charge < -0.3 is 15.0 Å². The van der Waals surface area contributed by atoms with E-state index in [2.05, 4.69) is 5.32 Å². The molecule has 1 aromatic carbocycles. The molecule has 0 bridgehead atoms. The van der Waals surface area contributed by atoms with E-state index in [0.29, 0.717) is 18.5 Å². The first-order chi connectivity index (χ1) is 11.1. The summed E-state index contributed by atoms with van der Waals surface area (Å²) >= 11 is 0. The molecule has 5 nitrogen and oxygen atoms in total. The van der Waals surface area contributed by atoms with Gasteiger partial charge in [0.25, 0.3) is 5.91 Å². The summed E-state index contributed by atoms with van der Waals surface area (Å²) in [6.45, 7) is 3.48. The zero-order chi connectivity index (χ0) is 16.3. The lowest BCUT2D eigenvalue weighted by atomic mass is 9.73. The van der Waals surface area contributed by atoms with Gasteiger partial charge in [-0.3, -0.25) is 9.59 Å². The Morgan fingerprint density at radius 1 is 1.17 bits per heavy atom. The number of ether oxygens (including phenoxy) is 1. The zero-order valence-corrected chi connectivity index (χ0v) is 13.0. The number of hydrogen-bond donors (Lipinski definition) is 1. The molecule has 2 aliphatic rings. The van der Waals surface area contributed by atoms with Crippen LogP contribution in [0.4, 0.5) is 4.39 Å². The predicted octanol–water partition coefficient (Wildman–Crippen LogP) is 1.58. The number of rotatable bonds is 4. The Balaban J connectivity index is 1.38. The Morgan fingerprint density at radius 3 is 2.48 bits per heavy atom. The van der Waals surface area contributed by atoms with Crippen molar-refractivity contribution in [2.75, 3.05) is 32.8 Å². The molecular formula is C17H21FN2O3. The Morgan fingerprint density at radius 2 is 1.83 bits per heavy atom. The van der Waals surface area contributed by atoms with Crippen molar-refractivity contribution in [2.45, 2.75) is 19.3 Å². The number of nitrogens with zero attached hydrogens (tertiary/aromatic N) is 1. The van der Waals surface area contributed by atoms with Crippen LogP contribution in [0.15, 0.2) is 24.3 Å². The second kappa shape index (κ2) is 6.66. The molecule has 2 aliphatic heterocycles. The van der Waals surface area contributed by atoms with Gasteiger partial charge in [0.05, 0.1) is 0 Å². The Hall–Kier alpha value is -1.95. The van der Waals surface area contributed by atoms with Gasteiger partial charge in [-0.2, -0.15) is 0 Å². The molecular weight excluding hydrogens is 299 g/mol. The lowest BCUT2D eigenvalue weighted by molar-refractivity contribution is -0.150. The van der Waals surface area contributed by atoms with Crippen molar-refractivity contribution in [3.05, 3.63) is 35.6 Å². The van der Waals surface area contributed by atoms with E-state index in [1.807, 2.05) is 4.90 Å². The quantitative estimate of drug-likeness (QED) is 0.916. The molecule has 124 valence electrons. The maximum atomic E-state index is 12.8. The van der Waals surface area contributed by atoms with Gasteiger partial charge in [-0.15, -0.1) is 0 Å². The summed E-state index contributed by atoms with van der Waals surface area (Å²) in [4.78, 5) is 25.8. The van der Waals surface area contributed by atoms with Crippen LogP contribution >= 0.6 is 0 Å². The maximum absolute atomic E-state index is 12.8. The van der Waals surface area contributed by atoms with Gasteiger partial charge in [0.1, 0.15) is 5.82 Å². The molecule has 0 aromatic heterocycles. The molecule has 23 heavy (non-hydrogen) atoms. The van der Waals surface area contributed by atoms with Crippen molar-refractivity contribution in [3.8, 4) is 0 Å². The minimum Gasteiger partial charge on any atom is -0.381 e. The number of halogens is 1. The first-order valence-electron chi connectivity index (χ1n) is 7.97. The monoisotopic (exact) mass is 320 g/mol. The normalized spacial score (nSPS) is 19.3. The van der Waals surface area contributed by atoms with Crippen LogP contribution in [0.2, 0.25) is 0 Å². The second-order valence-corrected chi connectivity index (χ2v) is 6.37. The fourth-order valence-electron chi connectivity index (χ4n) is 3.20. The summed E-state index contributed by atoms with van der Waals surface area (Å²) in [6, 6.07) is 5.34. The SMILES string of the molecule is O=C(NCCC(=O)N1CC2(CCOCC2)C1)c1ccc(F)cc1. The van der Waals surface area contributed by atoms with Crippen molar-refractivity contribution < 1.29 is 18.7 Å². The highest BCUT2D eigenvalue weighted by Crippen LogP contribution is 2.39. The molecule has 0 radical (unpaired) electrons. The largest absolute Gasteiger partial charge is 0.381 e. The third-order valence-electron chi connectivity index (χ3n) is 4.69. The topological polar surface area (TPSA) is 58.6 Å². The average molecular weight is 320 g/mol. The minimum atomic E-state index is -0.378. The molecule has 0 atom stereocenters. The summed E-state index contributed by atoms with van der Waals surface area (Å²) in [6.07, 6.45) is 2.34. The summed E-state index contributed by atoms with van der Waals surface area (Å²) in [7, 11) is 0. The van der Waals surface area contributed by atoms with Crippen LogP contribution in [-0.4, -0.2) is 49.6 Å². The minimum absolute atomic E-state index is 0.0709. The van der Waals surface area contributed by atoms with Crippen LogP contribution in [0.25, 0.3) is 0 Å². The fourth-order valence-corrected chi connectivity index (χ4v) is 3.20. The number of hydrogen-bond acceptors (Lipinski definition) is 3. The smallest absolute Gasteiger partial charge is 0.251 e. The molecule has 0 unspecified atom stereocenters. The van der Waals surface area contributed by atoms with E-state index in [9.17, 15) is 14.0 Å². The van der Waals surface area contributed by atoms with E-state index in [-0.39, 0.29) is 23.0 Å². The number of benzene rings is 1. The highest BCUT2D eigenvalue weighted by molar-refractivity contribution is 5.94. The first kappa shape index (κ1) is 15.9. The highest BCUT2D eigenvalue weighted by atomic mass is 19.1. The van der Waals surface area contributed by atoms with E-state index in [0.717, 1.165) is 39.1 Å². The standard InChI is InChI=1S/C17H21FN2O3/c18-14-3-1-13(2-4-14)16(22)19-8-5-15(21)20-11-17(12-20)6-9-23-10-7-17/h1-4H,5-12H2,(H,19,22). The van der Waals surface area contributed by atoms with E-state index in [1.165, 1.54) is 24.3 Å². The average Bonchev–Trinajstić information content (AvgIpc) is 2.53. The van der Waals surface area contributed by atoms with Crippen molar-refractivity contribution in [3.63, 3.8) is 0 Å². The Kier molecular flexibility index (Phi) is 4.61. The first-order valence-corrected chi connectivity index (χ1v) is 7.97. The summed E-state index contributed by atoms with van der Waals surface area (Å²) in [5.74, 6) is -0.597. The van der Waals surface area contributed by atoms with E-state index in [4.69, 9.17) is 4.74 Å². The molecule has 0 saturated carbocycles. The van der Waals surface area contributed by atoms with Crippen LogP contribution in [0.1, 0.15) is 29.6 Å². The molecule has 3 rings (SSSR count). The summed E-state index contributed by atoms with van der Waals surface area (Å²) in [5.41, 5.74) is 0.662. The molecule has 2 amide bonds. The van der Waals surface area contributed by atoms with E-state index < -0.39 is 0 Å². The molecule has 1 spiro atoms. The maximum Gasteiger partial charge on any atom is 0.251 e. The molecule has 2 fully saturated rings. The number of amides is 2. The second-order valence-electron chi connectivity index (χ2n) is 6.37. The van der Waals surface area contributed by atoms with E-state index in [1.54, 1.807) is 0 Å². The third-order valence-corrected chi connectivity index (χ3v) is 4.69. The number of carbonyl (C=O) groups excluding carboxylic acids is 2. The van der Waals surface area contributed by atoms with Crippen molar-refractivity contribution in [1.29, 1.82) is 0 Å². The van der Waals surface area contributed by atoms with Gasteiger partial charge in [-0.05, 0) is 37.1 Å². The summed E-state index contributed by atoms with van der Waals surface area (Å²) in [5, 5.41) is 2.69. The molecule has 6 heteroatoms. The van der Waals surface area contributed by atoms with Gasteiger partial charge in [0.15, 0.2) is 0 Å². The van der Waals surface area contributed by atoms with Crippen molar-refractivity contribution >= 4 is 11.8 Å². The molecule has 2 saturated heterocycles. The third kappa shape index (κ3) is 3.69. The fraction of sp³-hybridized carbons (Fsp3) is 0.529. The molecule has 1 aromatic rings. The van der Waals surface area contributed by atoms with Gasteiger partial charge in [-0.25, -0.2) is 4.39 Å². The molecule has 2 heterocycles. The lowest BCUT2D eigenvalue weighted by Gasteiger charge is -2.52. The van der Waals surface area contributed by atoms with Crippen molar-refractivity contribution in [1.82, 2.24) is 10.2 Å². The van der Waals surface area contributed by atoms with E-state index >= 15 is 0 Å². The van der Waals surface area contributed by atoms with Crippen LogP contribution in [-0.2, 0) is 9.53 Å². The predicted molar refractivity (Wildman–Crippen MR) is 82.4 cm³/mol. The van der Waals surface area contributed by atoms with Crippen molar-refractivity contribution in [2.24, 2.45) is 5.41 Å². The van der Waals surface area contributed by atoms with Crippen LogP contribution in [0, 0.1) is 11.2 Å². The number of carbonyl (C=O) groups is 2. The van der Waals surface area contributed by atoms with Crippen LogP contribution in [0.3, 0.4) is 0 Å². The van der Waals surface area contributed by atoms with Gasteiger partial charge in [0.2, 0.25) is 5.91 Å². The van der Waals surface area contributed by atoms with Crippen LogP contribution < -0.4 is 5.32 Å². The number of nitrogens with one attached hydrogen (secondary N) is 1. The summed E-state index contributed by atoms with van der Waals surface area (Å²) < 4.78 is 18.2. The van der Waals surface area contributed by atoms with Gasteiger partial charge in [0, 0.05) is 50.2 Å². The Bertz CT molecular complexity index is 574. The highest BCUT2D eigenvalue weighted by Gasteiger charge is 2.45. The van der Waals surface area contributed by atoms with Crippen LogP contribution in [0.5, 0.6) is 0 Å². The Labute approximate surface area is 134 Å². The lowest BCUT2D eigenvalue weighted by Crippen LogP contribution is -2.60. The van der Waals surface area contributed by atoms with Gasteiger partial charge in [-0.1, -0.05) is 0 Å². The molecule has 0 aliphatic carbocycles. The molecule has 1 N–H and O–H groups in total. The number of likely N-dealkylation sites (tertiary alicyclic amines) is 1.